The highest BCUT2D eigenvalue weighted by molar-refractivity contribution is 5.89. The lowest BCUT2D eigenvalue weighted by Crippen LogP contribution is -2.12. The minimum atomic E-state index is -0.320. The fraction of sp³-hybridized carbons (Fsp3) is 0.500. The molecule has 116 valence electrons. The molecule has 1 aliphatic rings. The maximum atomic E-state index is 12.2. The van der Waals surface area contributed by atoms with E-state index in [2.05, 4.69) is 15.5 Å². The van der Waals surface area contributed by atoms with Crippen LogP contribution in [-0.4, -0.2) is 26.2 Å². The van der Waals surface area contributed by atoms with Crippen LogP contribution in [0.25, 0.3) is 0 Å². The number of carbonyl (C=O) groups excluding carboxylic acids is 1. The average Bonchev–Trinajstić information content (AvgIpc) is 3.00. The van der Waals surface area contributed by atoms with E-state index >= 15 is 0 Å². The molecule has 6 nitrogen and oxygen atoms in total. The first-order valence-corrected chi connectivity index (χ1v) is 7.82. The number of benzene rings is 1. The van der Waals surface area contributed by atoms with Crippen molar-refractivity contribution < 1.29 is 9.53 Å². The van der Waals surface area contributed by atoms with Crippen LogP contribution in [0, 0.1) is 0 Å². The van der Waals surface area contributed by atoms with Gasteiger partial charge in [0.2, 0.25) is 0 Å². The standard InChI is InChI=1S/C16H20N4O2/c1-2-9-20-15(17-18-19-20)11-22-16(21)14-8-7-12-5-3-4-6-13(12)10-14/h7-8,10H,2-6,9,11H2,1H3. The molecule has 1 aromatic carbocycles. The maximum Gasteiger partial charge on any atom is 0.338 e. The third-order valence-electron chi connectivity index (χ3n) is 3.96. The van der Waals surface area contributed by atoms with E-state index < -0.39 is 0 Å². The fourth-order valence-corrected chi connectivity index (χ4v) is 2.79. The third kappa shape index (κ3) is 3.16. The van der Waals surface area contributed by atoms with Crippen LogP contribution < -0.4 is 0 Å². The number of aromatic nitrogens is 4. The van der Waals surface area contributed by atoms with E-state index in [1.165, 1.54) is 24.0 Å². The van der Waals surface area contributed by atoms with Crippen molar-refractivity contribution in [2.45, 2.75) is 52.2 Å². The van der Waals surface area contributed by atoms with Crippen LogP contribution in [-0.2, 0) is 30.7 Å². The summed E-state index contributed by atoms with van der Waals surface area (Å²) in [5.41, 5.74) is 3.24. The molecular weight excluding hydrogens is 280 g/mol. The first-order valence-electron chi connectivity index (χ1n) is 7.82. The number of rotatable bonds is 5. The van der Waals surface area contributed by atoms with Crippen LogP contribution in [0.5, 0.6) is 0 Å². The monoisotopic (exact) mass is 300 g/mol. The largest absolute Gasteiger partial charge is 0.454 e. The topological polar surface area (TPSA) is 69.9 Å². The van der Waals surface area contributed by atoms with Crippen molar-refractivity contribution in [1.82, 2.24) is 20.2 Å². The van der Waals surface area contributed by atoms with Gasteiger partial charge >= 0.3 is 5.97 Å². The van der Waals surface area contributed by atoms with Crippen LogP contribution in [0.2, 0.25) is 0 Å². The Morgan fingerprint density at radius 3 is 2.91 bits per heavy atom. The zero-order valence-corrected chi connectivity index (χ0v) is 12.8. The van der Waals surface area contributed by atoms with Gasteiger partial charge in [-0.1, -0.05) is 13.0 Å². The van der Waals surface area contributed by atoms with Crippen molar-refractivity contribution in [3.05, 3.63) is 40.7 Å². The minimum Gasteiger partial charge on any atom is -0.454 e. The highest BCUT2D eigenvalue weighted by Crippen LogP contribution is 2.22. The lowest BCUT2D eigenvalue weighted by atomic mass is 9.90. The Morgan fingerprint density at radius 1 is 1.27 bits per heavy atom. The number of ether oxygens (including phenoxy) is 1. The number of tetrazole rings is 1. The van der Waals surface area contributed by atoms with Crippen molar-refractivity contribution >= 4 is 5.97 Å². The maximum absolute atomic E-state index is 12.2. The normalized spacial score (nSPS) is 13.7. The molecule has 0 saturated carbocycles. The van der Waals surface area contributed by atoms with Gasteiger partial charge in [0.25, 0.3) is 0 Å². The molecule has 1 aliphatic carbocycles. The molecule has 0 radical (unpaired) electrons. The Bertz CT molecular complexity index is 666. The number of fused-ring (bicyclic) bond motifs is 1. The second-order valence-electron chi connectivity index (χ2n) is 5.58. The summed E-state index contributed by atoms with van der Waals surface area (Å²) in [6, 6.07) is 5.86. The molecule has 0 atom stereocenters. The van der Waals surface area contributed by atoms with Gasteiger partial charge in [-0.3, -0.25) is 0 Å². The predicted molar refractivity (Wildman–Crippen MR) is 80.3 cm³/mol. The van der Waals surface area contributed by atoms with Gasteiger partial charge < -0.3 is 4.74 Å². The molecule has 6 heteroatoms. The van der Waals surface area contributed by atoms with Gasteiger partial charge in [-0.15, -0.1) is 5.10 Å². The molecule has 0 bridgehead atoms. The molecule has 0 unspecified atom stereocenters. The molecule has 22 heavy (non-hydrogen) atoms. The quantitative estimate of drug-likeness (QED) is 0.793. The molecule has 0 spiro atoms. The van der Waals surface area contributed by atoms with Crippen molar-refractivity contribution in [3.63, 3.8) is 0 Å². The number of carbonyl (C=O) groups is 1. The van der Waals surface area contributed by atoms with Crippen LogP contribution in [0.15, 0.2) is 18.2 Å². The van der Waals surface area contributed by atoms with Gasteiger partial charge in [0.1, 0.15) is 0 Å². The molecule has 0 saturated heterocycles. The molecule has 1 heterocycles. The summed E-state index contributed by atoms with van der Waals surface area (Å²) in [4.78, 5) is 12.2. The molecule has 1 aromatic heterocycles. The summed E-state index contributed by atoms with van der Waals surface area (Å²) >= 11 is 0. The van der Waals surface area contributed by atoms with E-state index in [1.54, 1.807) is 4.68 Å². The van der Waals surface area contributed by atoms with Gasteiger partial charge in [0, 0.05) is 6.54 Å². The summed E-state index contributed by atoms with van der Waals surface area (Å²) in [5, 5.41) is 11.4. The average molecular weight is 300 g/mol. The molecule has 2 aromatic rings. The Balaban J connectivity index is 1.65. The van der Waals surface area contributed by atoms with E-state index in [0.29, 0.717) is 11.4 Å². The number of hydrogen-bond acceptors (Lipinski definition) is 5. The van der Waals surface area contributed by atoms with Gasteiger partial charge in [-0.05, 0) is 65.8 Å². The zero-order valence-electron chi connectivity index (χ0n) is 12.8. The Kier molecular flexibility index (Phi) is 4.46. The van der Waals surface area contributed by atoms with Crippen molar-refractivity contribution in [1.29, 1.82) is 0 Å². The summed E-state index contributed by atoms with van der Waals surface area (Å²) in [6.07, 6.45) is 5.51. The molecule has 0 fully saturated rings. The summed E-state index contributed by atoms with van der Waals surface area (Å²) < 4.78 is 7.02. The Hall–Kier alpha value is -2.24. The van der Waals surface area contributed by atoms with Gasteiger partial charge in [-0.25, -0.2) is 9.48 Å². The minimum absolute atomic E-state index is 0.100. The summed E-state index contributed by atoms with van der Waals surface area (Å²) in [6.45, 7) is 2.87. The third-order valence-corrected chi connectivity index (χ3v) is 3.96. The van der Waals surface area contributed by atoms with E-state index in [-0.39, 0.29) is 12.6 Å². The smallest absolute Gasteiger partial charge is 0.338 e. The van der Waals surface area contributed by atoms with Crippen molar-refractivity contribution in [2.75, 3.05) is 0 Å². The molecule has 0 N–H and O–H groups in total. The van der Waals surface area contributed by atoms with Gasteiger partial charge in [-0.2, -0.15) is 0 Å². The molecule has 0 aliphatic heterocycles. The van der Waals surface area contributed by atoms with E-state index in [0.717, 1.165) is 25.8 Å². The molecule has 3 rings (SSSR count). The highest BCUT2D eigenvalue weighted by Gasteiger charge is 2.15. The lowest BCUT2D eigenvalue weighted by molar-refractivity contribution is 0.0456. The summed E-state index contributed by atoms with van der Waals surface area (Å²) in [5.74, 6) is 0.257. The second-order valence-corrected chi connectivity index (χ2v) is 5.58. The van der Waals surface area contributed by atoms with Crippen molar-refractivity contribution in [3.8, 4) is 0 Å². The zero-order chi connectivity index (χ0) is 15.4. The number of hydrogen-bond donors (Lipinski definition) is 0. The lowest BCUT2D eigenvalue weighted by Gasteiger charge is -2.16. The van der Waals surface area contributed by atoms with E-state index in [9.17, 15) is 4.79 Å². The first-order chi connectivity index (χ1) is 10.8. The fourth-order valence-electron chi connectivity index (χ4n) is 2.79. The first kappa shape index (κ1) is 14.7. The highest BCUT2D eigenvalue weighted by atomic mass is 16.5. The number of esters is 1. The predicted octanol–water partition coefficient (Wildman–Crippen LogP) is 2.32. The second kappa shape index (κ2) is 6.68. The van der Waals surface area contributed by atoms with Crippen LogP contribution in [0.1, 0.15) is 53.5 Å². The van der Waals surface area contributed by atoms with E-state index in [4.69, 9.17) is 4.74 Å². The molecular formula is C16H20N4O2. The Morgan fingerprint density at radius 2 is 2.09 bits per heavy atom. The van der Waals surface area contributed by atoms with Crippen molar-refractivity contribution in [2.24, 2.45) is 0 Å². The van der Waals surface area contributed by atoms with Crippen LogP contribution in [0.3, 0.4) is 0 Å². The van der Waals surface area contributed by atoms with Crippen LogP contribution >= 0.6 is 0 Å². The molecule has 0 amide bonds. The number of nitrogens with zero attached hydrogens (tertiary/aromatic N) is 4. The van der Waals surface area contributed by atoms with Gasteiger partial charge in [0.15, 0.2) is 12.4 Å². The Labute approximate surface area is 129 Å². The van der Waals surface area contributed by atoms with Gasteiger partial charge in [0.05, 0.1) is 5.56 Å². The number of aryl methyl sites for hydroxylation is 3. The van der Waals surface area contributed by atoms with Crippen LogP contribution in [0.4, 0.5) is 0 Å². The summed E-state index contributed by atoms with van der Waals surface area (Å²) in [7, 11) is 0. The van der Waals surface area contributed by atoms with E-state index in [1.807, 2.05) is 25.1 Å². The SMILES string of the molecule is CCCn1nnnc1COC(=O)c1ccc2c(c1)CCCC2.